The highest BCUT2D eigenvalue weighted by atomic mass is 16.5. The third kappa shape index (κ3) is 6.66. The summed E-state index contributed by atoms with van der Waals surface area (Å²) in [6.45, 7) is 4.65. The molecule has 1 rings (SSSR count). The lowest BCUT2D eigenvalue weighted by Gasteiger charge is -2.29. The molecule has 25 heavy (non-hydrogen) atoms. The van der Waals surface area contributed by atoms with Crippen LogP contribution in [0.15, 0.2) is 24.3 Å². The Morgan fingerprint density at radius 3 is 2.28 bits per heavy atom. The topological polar surface area (TPSA) is 125 Å². The maximum absolute atomic E-state index is 12.3. The molecule has 1 aromatic carbocycles. The summed E-state index contributed by atoms with van der Waals surface area (Å²) < 4.78 is 0. The van der Waals surface area contributed by atoms with Gasteiger partial charge in [-0.25, -0.2) is 5.48 Å². The van der Waals surface area contributed by atoms with Crippen LogP contribution in [-0.2, 0) is 4.79 Å². The second kappa shape index (κ2) is 8.86. The molecule has 132 valence electrons. The summed E-state index contributed by atoms with van der Waals surface area (Å²) in [6, 6.07) is 5.22. The van der Waals surface area contributed by atoms with E-state index in [0.717, 1.165) is 0 Å². The highest BCUT2D eigenvalue weighted by Crippen LogP contribution is 2.08. The van der Waals surface area contributed by atoms with Crippen LogP contribution in [0, 0.1) is 23.7 Å². The Hall–Kier alpha value is -2.84. The molecule has 0 aliphatic heterocycles. The van der Waals surface area contributed by atoms with Gasteiger partial charge in [0.05, 0.1) is 0 Å². The smallest absolute Gasteiger partial charge is 0.267 e. The number of rotatable bonds is 4. The van der Waals surface area contributed by atoms with E-state index in [0.29, 0.717) is 11.1 Å². The van der Waals surface area contributed by atoms with Crippen molar-refractivity contribution in [3.63, 3.8) is 0 Å². The molecule has 2 atom stereocenters. The monoisotopic (exact) mass is 343 g/mol. The van der Waals surface area contributed by atoms with Crippen molar-refractivity contribution in [2.24, 2.45) is 5.73 Å². The molecule has 0 saturated heterocycles. The minimum Gasteiger partial charge on any atom is -0.381 e. The van der Waals surface area contributed by atoms with E-state index in [4.69, 9.17) is 16.0 Å². The first-order chi connectivity index (χ1) is 11.6. The first kappa shape index (κ1) is 20.2. The number of hydrogen-bond donors (Lipinski definition) is 5. The largest absolute Gasteiger partial charge is 0.381 e. The van der Waals surface area contributed by atoms with Crippen molar-refractivity contribution in [3.8, 4) is 23.7 Å². The van der Waals surface area contributed by atoms with Gasteiger partial charge in [-0.05, 0) is 56.9 Å². The van der Waals surface area contributed by atoms with E-state index >= 15 is 0 Å². The number of nitrogens with two attached hydrogens (primary N) is 1. The lowest BCUT2D eigenvalue weighted by Crippen LogP contribution is -2.61. The second-order valence-corrected chi connectivity index (χ2v) is 5.98. The summed E-state index contributed by atoms with van der Waals surface area (Å²) in [7, 11) is 0. The second-order valence-electron chi connectivity index (χ2n) is 5.98. The van der Waals surface area contributed by atoms with Gasteiger partial charge in [-0.3, -0.25) is 14.8 Å². The fraction of sp³-hybridized carbons (Fsp3) is 0.333. The molecule has 7 nitrogen and oxygen atoms in total. The standard InChI is InChI=1S/C18H21N3O4/c1-12(22)6-4-5-7-13-8-10-14(11-9-13)16(23)20-15(17(24)21-25)18(2,3)19/h8-12,15,22,25H,19H2,1-3H3,(H,20,23)(H,21,24). The summed E-state index contributed by atoms with van der Waals surface area (Å²) in [5, 5.41) is 20.3. The van der Waals surface area contributed by atoms with Gasteiger partial charge in [0.25, 0.3) is 11.8 Å². The van der Waals surface area contributed by atoms with Gasteiger partial charge in [0, 0.05) is 16.7 Å². The molecular weight excluding hydrogens is 322 g/mol. The zero-order valence-corrected chi connectivity index (χ0v) is 14.3. The van der Waals surface area contributed by atoms with Crippen LogP contribution >= 0.6 is 0 Å². The third-order valence-corrected chi connectivity index (χ3v) is 3.09. The van der Waals surface area contributed by atoms with Gasteiger partial charge in [0.15, 0.2) is 0 Å². The molecule has 1 aromatic rings. The zero-order chi connectivity index (χ0) is 19.0. The molecule has 6 N–H and O–H groups in total. The van der Waals surface area contributed by atoms with Crippen LogP contribution in [0.1, 0.15) is 36.7 Å². The van der Waals surface area contributed by atoms with E-state index in [1.807, 2.05) is 0 Å². The van der Waals surface area contributed by atoms with Crippen LogP contribution in [0.2, 0.25) is 0 Å². The van der Waals surface area contributed by atoms with Gasteiger partial charge in [0.1, 0.15) is 12.1 Å². The Labute approximate surface area is 146 Å². The summed E-state index contributed by atoms with van der Waals surface area (Å²) in [5.74, 6) is 9.05. The molecule has 0 heterocycles. The van der Waals surface area contributed by atoms with Crippen molar-refractivity contribution in [2.45, 2.75) is 38.5 Å². The Kier molecular flexibility index (Phi) is 7.16. The number of aliphatic hydroxyl groups is 1. The maximum atomic E-state index is 12.3. The number of amides is 2. The number of hydroxylamine groups is 1. The van der Waals surface area contributed by atoms with Gasteiger partial charge in [-0.15, -0.1) is 0 Å². The number of hydrogen-bond acceptors (Lipinski definition) is 5. The van der Waals surface area contributed by atoms with Crippen LogP contribution in [0.5, 0.6) is 0 Å². The van der Waals surface area contributed by atoms with E-state index < -0.39 is 29.5 Å². The fourth-order valence-corrected chi connectivity index (χ4v) is 1.82. The minimum absolute atomic E-state index is 0.306. The van der Waals surface area contributed by atoms with Crippen LogP contribution in [0.3, 0.4) is 0 Å². The predicted octanol–water partition coefficient (Wildman–Crippen LogP) is -0.237. The molecule has 0 aromatic heterocycles. The molecule has 0 aliphatic rings. The molecule has 0 spiro atoms. The highest BCUT2D eigenvalue weighted by Gasteiger charge is 2.33. The van der Waals surface area contributed by atoms with E-state index in [1.165, 1.54) is 12.4 Å². The molecule has 2 unspecified atom stereocenters. The lowest BCUT2D eigenvalue weighted by molar-refractivity contribution is -0.132. The molecule has 0 bridgehead atoms. The average molecular weight is 343 g/mol. The lowest BCUT2D eigenvalue weighted by atomic mass is 9.95. The fourth-order valence-electron chi connectivity index (χ4n) is 1.82. The van der Waals surface area contributed by atoms with Crippen molar-refractivity contribution in [1.29, 1.82) is 0 Å². The molecule has 0 radical (unpaired) electrons. The molecular formula is C18H21N3O4. The maximum Gasteiger partial charge on any atom is 0.267 e. The molecule has 0 saturated carbocycles. The molecule has 0 fully saturated rings. The number of nitrogens with one attached hydrogen (secondary N) is 2. The number of benzene rings is 1. The third-order valence-electron chi connectivity index (χ3n) is 3.09. The number of aliphatic hydroxyl groups excluding tert-OH is 1. The minimum atomic E-state index is -1.11. The Balaban J connectivity index is 2.86. The van der Waals surface area contributed by atoms with Crippen LogP contribution < -0.4 is 16.5 Å². The number of carbonyl (C=O) groups is 2. The summed E-state index contributed by atoms with van der Waals surface area (Å²) >= 11 is 0. The van der Waals surface area contributed by atoms with E-state index in [-0.39, 0.29) is 0 Å². The van der Waals surface area contributed by atoms with Crippen molar-refractivity contribution in [3.05, 3.63) is 35.4 Å². The van der Waals surface area contributed by atoms with Gasteiger partial charge < -0.3 is 16.2 Å². The quantitative estimate of drug-likeness (QED) is 0.293. The zero-order valence-electron chi connectivity index (χ0n) is 14.3. The van der Waals surface area contributed by atoms with E-state index in [2.05, 4.69) is 29.0 Å². The molecule has 0 aliphatic carbocycles. The van der Waals surface area contributed by atoms with Gasteiger partial charge in [-0.2, -0.15) is 0 Å². The number of carbonyl (C=O) groups excluding carboxylic acids is 2. The average Bonchev–Trinajstić information content (AvgIpc) is 2.55. The van der Waals surface area contributed by atoms with Gasteiger partial charge in [-0.1, -0.05) is 11.8 Å². The Morgan fingerprint density at radius 2 is 1.80 bits per heavy atom. The van der Waals surface area contributed by atoms with Gasteiger partial charge >= 0.3 is 0 Å². The van der Waals surface area contributed by atoms with E-state index in [1.54, 1.807) is 38.1 Å². The van der Waals surface area contributed by atoms with Crippen LogP contribution in [0.4, 0.5) is 0 Å². The molecule has 7 heteroatoms. The van der Waals surface area contributed by atoms with Crippen molar-refractivity contribution >= 4 is 11.8 Å². The SMILES string of the molecule is CC(O)C#CC#Cc1ccc(C(=O)NC(C(=O)NO)C(C)(C)N)cc1. The first-order valence-corrected chi connectivity index (χ1v) is 7.48. The van der Waals surface area contributed by atoms with Crippen molar-refractivity contribution in [1.82, 2.24) is 10.8 Å². The Bertz CT molecular complexity index is 741. The van der Waals surface area contributed by atoms with Crippen molar-refractivity contribution < 1.29 is 19.9 Å². The van der Waals surface area contributed by atoms with Gasteiger partial charge in [0.2, 0.25) is 0 Å². The summed E-state index contributed by atoms with van der Waals surface area (Å²) in [6.07, 6.45) is -0.740. The molecule has 2 amide bonds. The first-order valence-electron chi connectivity index (χ1n) is 7.48. The van der Waals surface area contributed by atoms with Crippen LogP contribution in [-0.4, -0.2) is 39.8 Å². The normalized spacial score (nSPS) is 12.6. The predicted molar refractivity (Wildman–Crippen MR) is 92.2 cm³/mol. The van der Waals surface area contributed by atoms with E-state index in [9.17, 15) is 9.59 Å². The summed E-state index contributed by atoms with van der Waals surface area (Å²) in [5.41, 5.74) is 7.22. The highest BCUT2D eigenvalue weighted by molar-refractivity contribution is 5.97. The Morgan fingerprint density at radius 1 is 1.20 bits per heavy atom. The van der Waals surface area contributed by atoms with Crippen LogP contribution in [0.25, 0.3) is 0 Å². The summed E-state index contributed by atoms with van der Waals surface area (Å²) in [4.78, 5) is 23.9. The van der Waals surface area contributed by atoms with Crippen molar-refractivity contribution in [2.75, 3.05) is 0 Å².